The van der Waals surface area contributed by atoms with E-state index in [0.29, 0.717) is 40.6 Å². The molecule has 0 aliphatic rings. The average molecular weight is 485 g/mol. The van der Waals surface area contributed by atoms with Crippen LogP contribution in [0.4, 0.5) is 17.1 Å². The minimum atomic E-state index is -0.213. The fraction of sp³-hybridized carbons (Fsp3) is 0.0714. The lowest BCUT2D eigenvalue weighted by Gasteiger charge is -2.12. The topological polar surface area (TPSA) is 96.2 Å². The maximum atomic E-state index is 12.6. The molecule has 0 atom stereocenters. The average Bonchev–Trinajstić information content (AvgIpc) is 2.87. The van der Waals surface area contributed by atoms with E-state index in [0.717, 1.165) is 16.8 Å². The van der Waals surface area contributed by atoms with Gasteiger partial charge in [0.25, 0.3) is 11.8 Å². The van der Waals surface area contributed by atoms with Crippen molar-refractivity contribution < 1.29 is 9.59 Å². The quantitative estimate of drug-likeness (QED) is 0.247. The predicted octanol–water partition coefficient (Wildman–Crippen LogP) is 5.53. The standard InChI is InChI=1S/C28H25ClN4O2/c29-26-9-5-4-8-21(26)18-32-27(34)20-10-12-24(13-11-20)33-25-15-22(14-23(30)16-25)28(35)31-17-19-6-2-1-3-7-19/h1-16,33H,17-18,30H2,(H,31,35)(H,32,34). The fourth-order valence-corrected chi connectivity index (χ4v) is 3.73. The van der Waals surface area contributed by atoms with Crippen LogP contribution in [0.15, 0.2) is 97.1 Å². The minimum absolute atomic E-state index is 0.196. The Kier molecular flexibility index (Phi) is 7.65. The number of hydrogen-bond donors (Lipinski definition) is 4. The number of rotatable bonds is 8. The highest BCUT2D eigenvalue weighted by atomic mass is 35.5. The Morgan fingerprint density at radius 2 is 1.34 bits per heavy atom. The first-order valence-corrected chi connectivity index (χ1v) is 11.5. The summed E-state index contributed by atoms with van der Waals surface area (Å²) in [4.78, 5) is 25.1. The first-order chi connectivity index (χ1) is 17.0. The van der Waals surface area contributed by atoms with Crippen molar-refractivity contribution in [3.63, 3.8) is 0 Å². The van der Waals surface area contributed by atoms with E-state index in [4.69, 9.17) is 17.3 Å². The first kappa shape index (κ1) is 23.9. The van der Waals surface area contributed by atoms with E-state index in [1.165, 1.54) is 0 Å². The normalized spacial score (nSPS) is 10.4. The predicted molar refractivity (Wildman–Crippen MR) is 141 cm³/mol. The van der Waals surface area contributed by atoms with Gasteiger partial charge in [0.1, 0.15) is 0 Å². The number of benzene rings is 4. The van der Waals surface area contributed by atoms with Crippen molar-refractivity contribution in [3.05, 3.63) is 124 Å². The second-order valence-electron chi connectivity index (χ2n) is 7.99. The van der Waals surface area contributed by atoms with Crippen molar-refractivity contribution in [1.82, 2.24) is 10.6 Å². The summed E-state index contributed by atoms with van der Waals surface area (Å²) in [5.41, 5.74) is 10.8. The van der Waals surface area contributed by atoms with E-state index in [-0.39, 0.29) is 11.8 Å². The van der Waals surface area contributed by atoms with Gasteiger partial charge in [-0.15, -0.1) is 0 Å². The third-order valence-electron chi connectivity index (χ3n) is 5.35. The van der Waals surface area contributed by atoms with Gasteiger partial charge in [-0.25, -0.2) is 0 Å². The Morgan fingerprint density at radius 3 is 2.09 bits per heavy atom. The first-order valence-electron chi connectivity index (χ1n) is 11.1. The van der Waals surface area contributed by atoms with Crippen LogP contribution < -0.4 is 21.7 Å². The summed E-state index contributed by atoms with van der Waals surface area (Å²) in [6.45, 7) is 0.772. The number of carbonyl (C=O) groups is 2. The molecule has 7 heteroatoms. The molecule has 4 aromatic carbocycles. The van der Waals surface area contributed by atoms with Gasteiger partial charge in [-0.2, -0.15) is 0 Å². The Bertz CT molecular complexity index is 1320. The molecule has 0 radical (unpaired) electrons. The molecule has 2 amide bonds. The molecule has 4 rings (SSSR count). The van der Waals surface area contributed by atoms with Crippen LogP contribution in [0.3, 0.4) is 0 Å². The van der Waals surface area contributed by atoms with Gasteiger partial charge >= 0.3 is 0 Å². The summed E-state index contributed by atoms with van der Waals surface area (Å²) in [6, 6.07) is 29.2. The number of nitrogen functional groups attached to an aromatic ring is 1. The zero-order valence-electron chi connectivity index (χ0n) is 18.9. The molecule has 0 saturated heterocycles. The highest BCUT2D eigenvalue weighted by Gasteiger charge is 2.10. The monoisotopic (exact) mass is 484 g/mol. The van der Waals surface area contributed by atoms with Crippen LogP contribution in [0.25, 0.3) is 0 Å². The van der Waals surface area contributed by atoms with Gasteiger partial charge in [-0.1, -0.05) is 60.1 Å². The summed E-state index contributed by atoms with van der Waals surface area (Å²) in [7, 11) is 0. The van der Waals surface area contributed by atoms with E-state index in [1.807, 2.05) is 48.5 Å². The van der Waals surface area contributed by atoms with Crippen LogP contribution in [-0.4, -0.2) is 11.8 Å². The maximum absolute atomic E-state index is 12.6. The third kappa shape index (κ3) is 6.62. The number of anilines is 3. The summed E-state index contributed by atoms with van der Waals surface area (Å²) in [5.74, 6) is -0.410. The van der Waals surface area contributed by atoms with E-state index in [2.05, 4.69) is 16.0 Å². The highest BCUT2D eigenvalue weighted by molar-refractivity contribution is 6.31. The van der Waals surface area contributed by atoms with Crippen molar-refractivity contribution in [2.75, 3.05) is 11.1 Å². The van der Waals surface area contributed by atoms with Gasteiger partial charge in [-0.05, 0) is 59.7 Å². The molecule has 0 bridgehead atoms. The lowest BCUT2D eigenvalue weighted by molar-refractivity contribution is 0.0943. The number of nitrogens with one attached hydrogen (secondary N) is 3. The molecular weight excluding hydrogens is 460 g/mol. The molecule has 0 aliphatic heterocycles. The molecule has 35 heavy (non-hydrogen) atoms. The number of halogens is 1. The van der Waals surface area contributed by atoms with Crippen LogP contribution in [-0.2, 0) is 13.1 Å². The van der Waals surface area contributed by atoms with Crippen molar-refractivity contribution >= 4 is 40.5 Å². The van der Waals surface area contributed by atoms with E-state index in [1.54, 1.807) is 48.5 Å². The van der Waals surface area contributed by atoms with Crippen molar-refractivity contribution in [2.45, 2.75) is 13.1 Å². The third-order valence-corrected chi connectivity index (χ3v) is 5.72. The van der Waals surface area contributed by atoms with Crippen LogP contribution in [0.1, 0.15) is 31.8 Å². The van der Waals surface area contributed by atoms with Gasteiger partial charge in [-0.3, -0.25) is 9.59 Å². The fourth-order valence-electron chi connectivity index (χ4n) is 3.53. The molecule has 0 aliphatic carbocycles. The minimum Gasteiger partial charge on any atom is -0.399 e. The van der Waals surface area contributed by atoms with Gasteiger partial charge in [0.2, 0.25) is 0 Å². The highest BCUT2D eigenvalue weighted by Crippen LogP contribution is 2.22. The molecular formula is C28H25ClN4O2. The Morgan fingerprint density at radius 1 is 0.686 bits per heavy atom. The maximum Gasteiger partial charge on any atom is 0.251 e. The zero-order chi connectivity index (χ0) is 24.6. The second kappa shape index (κ2) is 11.2. The van der Waals surface area contributed by atoms with Gasteiger partial charge in [0, 0.05) is 46.3 Å². The van der Waals surface area contributed by atoms with E-state index >= 15 is 0 Å². The number of carbonyl (C=O) groups excluding carboxylic acids is 2. The van der Waals surface area contributed by atoms with Crippen molar-refractivity contribution in [1.29, 1.82) is 0 Å². The molecule has 4 aromatic rings. The molecule has 0 saturated carbocycles. The molecule has 0 fully saturated rings. The van der Waals surface area contributed by atoms with Crippen LogP contribution >= 0.6 is 11.6 Å². The molecule has 0 unspecified atom stereocenters. The number of amides is 2. The second-order valence-corrected chi connectivity index (χ2v) is 8.40. The molecule has 0 aromatic heterocycles. The van der Waals surface area contributed by atoms with Crippen molar-refractivity contribution in [3.8, 4) is 0 Å². The number of hydrogen-bond acceptors (Lipinski definition) is 4. The molecule has 0 heterocycles. The Balaban J connectivity index is 1.37. The zero-order valence-corrected chi connectivity index (χ0v) is 19.7. The van der Waals surface area contributed by atoms with Crippen LogP contribution in [0, 0.1) is 0 Å². The molecule has 5 N–H and O–H groups in total. The lowest BCUT2D eigenvalue weighted by Crippen LogP contribution is -2.23. The molecule has 0 spiro atoms. The van der Waals surface area contributed by atoms with Gasteiger partial charge in [0.05, 0.1) is 0 Å². The summed E-state index contributed by atoms with van der Waals surface area (Å²) < 4.78 is 0. The molecule has 6 nitrogen and oxygen atoms in total. The van der Waals surface area contributed by atoms with Crippen molar-refractivity contribution in [2.24, 2.45) is 0 Å². The summed E-state index contributed by atoms with van der Waals surface area (Å²) in [6.07, 6.45) is 0. The smallest absolute Gasteiger partial charge is 0.251 e. The number of nitrogens with two attached hydrogens (primary N) is 1. The Hall–Kier alpha value is -4.29. The van der Waals surface area contributed by atoms with E-state index in [9.17, 15) is 9.59 Å². The van der Waals surface area contributed by atoms with Gasteiger partial charge < -0.3 is 21.7 Å². The Labute approximate surface area is 209 Å². The van der Waals surface area contributed by atoms with E-state index < -0.39 is 0 Å². The summed E-state index contributed by atoms with van der Waals surface area (Å²) >= 11 is 6.15. The largest absolute Gasteiger partial charge is 0.399 e. The van der Waals surface area contributed by atoms with Crippen LogP contribution in [0.2, 0.25) is 5.02 Å². The van der Waals surface area contributed by atoms with Crippen LogP contribution in [0.5, 0.6) is 0 Å². The lowest BCUT2D eigenvalue weighted by atomic mass is 10.1. The van der Waals surface area contributed by atoms with Gasteiger partial charge in [0.15, 0.2) is 0 Å². The molecule has 176 valence electrons. The SMILES string of the molecule is Nc1cc(Nc2ccc(C(=O)NCc3ccccc3Cl)cc2)cc(C(=O)NCc2ccccc2)c1. The summed E-state index contributed by atoms with van der Waals surface area (Å²) in [5, 5.41) is 9.63.